The number of carbonyl (C=O) groups excluding carboxylic acids is 2. The Hall–Kier alpha value is -3.31. The van der Waals surface area contributed by atoms with Gasteiger partial charge in [-0.05, 0) is 61.4 Å². The minimum atomic E-state index is -0.729. The zero-order valence-corrected chi connectivity index (χ0v) is 17.2. The Bertz CT molecular complexity index is 1080. The molecule has 30 heavy (non-hydrogen) atoms. The van der Waals surface area contributed by atoms with E-state index >= 15 is 0 Å². The van der Waals surface area contributed by atoms with Crippen LogP contribution in [0.4, 0.5) is 11.4 Å². The molecule has 0 saturated carbocycles. The van der Waals surface area contributed by atoms with E-state index in [0.717, 1.165) is 12.1 Å². The molecular weight excluding hydrogens is 400 g/mol. The summed E-state index contributed by atoms with van der Waals surface area (Å²) in [5.74, 6) is 0.101. The van der Waals surface area contributed by atoms with Gasteiger partial charge in [0.25, 0.3) is 11.8 Å². The van der Waals surface area contributed by atoms with Crippen LogP contribution in [0.5, 0.6) is 5.75 Å². The molecule has 1 unspecified atom stereocenters. The first-order chi connectivity index (χ1) is 14.5. The van der Waals surface area contributed by atoms with Gasteiger partial charge in [0.1, 0.15) is 5.75 Å². The van der Waals surface area contributed by atoms with Gasteiger partial charge in [0.2, 0.25) is 0 Å². The van der Waals surface area contributed by atoms with Crippen molar-refractivity contribution in [3.8, 4) is 5.75 Å². The number of benzene rings is 3. The minimum Gasteiger partial charge on any atom is -0.479 e. The molecule has 1 aliphatic rings. The van der Waals surface area contributed by atoms with Crippen LogP contribution in [0.25, 0.3) is 0 Å². The van der Waals surface area contributed by atoms with Gasteiger partial charge >= 0.3 is 0 Å². The number of hydrogen-bond acceptors (Lipinski definition) is 3. The Morgan fingerprint density at radius 2 is 1.70 bits per heavy atom. The smallest absolute Gasteiger partial charge is 0.265 e. The molecule has 0 aromatic heterocycles. The highest BCUT2D eigenvalue weighted by Crippen LogP contribution is 2.29. The Morgan fingerprint density at radius 1 is 1.00 bits per heavy atom. The molecular formula is C24H21ClN2O3. The Balaban J connectivity index is 1.39. The van der Waals surface area contributed by atoms with Crippen molar-refractivity contribution in [2.24, 2.45) is 0 Å². The first-order valence-corrected chi connectivity index (χ1v) is 10.1. The highest BCUT2D eigenvalue weighted by atomic mass is 35.5. The summed E-state index contributed by atoms with van der Waals surface area (Å²) in [5.41, 5.74) is 3.31. The SMILES string of the molecule is CC(Oc1ccccc1Cl)C(=O)Nc1ccc(C(=O)N2CCc3ccccc32)cc1. The van der Waals surface area contributed by atoms with E-state index in [9.17, 15) is 9.59 Å². The third-order valence-corrected chi connectivity index (χ3v) is 5.35. The number of nitrogens with zero attached hydrogens (tertiary/aromatic N) is 1. The Kier molecular flexibility index (Phi) is 5.72. The van der Waals surface area contributed by atoms with Gasteiger partial charge in [0, 0.05) is 23.5 Å². The van der Waals surface area contributed by atoms with E-state index in [-0.39, 0.29) is 11.8 Å². The van der Waals surface area contributed by atoms with E-state index in [2.05, 4.69) is 5.32 Å². The van der Waals surface area contributed by atoms with Crippen molar-refractivity contribution in [1.29, 1.82) is 0 Å². The fraction of sp³-hybridized carbons (Fsp3) is 0.167. The number of halogens is 1. The summed E-state index contributed by atoms with van der Waals surface area (Å²) < 4.78 is 5.64. The van der Waals surface area contributed by atoms with Crippen LogP contribution >= 0.6 is 11.6 Å². The summed E-state index contributed by atoms with van der Waals surface area (Å²) in [6.45, 7) is 2.33. The van der Waals surface area contributed by atoms with Gasteiger partial charge in [-0.25, -0.2) is 0 Å². The maximum absolute atomic E-state index is 12.9. The number of anilines is 2. The van der Waals surface area contributed by atoms with E-state index in [1.807, 2.05) is 24.3 Å². The molecule has 0 fully saturated rings. The van der Waals surface area contributed by atoms with Gasteiger partial charge in [0.15, 0.2) is 6.10 Å². The van der Waals surface area contributed by atoms with E-state index in [1.165, 1.54) is 5.56 Å². The fourth-order valence-corrected chi connectivity index (χ4v) is 3.61. The molecule has 1 atom stereocenters. The molecule has 0 bridgehead atoms. The first-order valence-electron chi connectivity index (χ1n) is 9.75. The second kappa shape index (κ2) is 8.59. The van der Waals surface area contributed by atoms with Gasteiger partial charge in [-0.3, -0.25) is 9.59 Å². The van der Waals surface area contributed by atoms with Crippen molar-refractivity contribution < 1.29 is 14.3 Å². The molecule has 6 heteroatoms. The van der Waals surface area contributed by atoms with Crippen LogP contribution in [-0.4, -0.2) is 24.5 Å². The van der Waals surface area contributed by atoms with E-state index in [1.54, 1.807) is 60.4 Å². The van der Waals surface area contributed by atoms with Crippen LogP contribution in [0.1, 0.15) is 22.8 Å². The van der Waals surface area contributed by atoms with Crippen molar-refractivity contribution in [3.05, 3.63) is 88.9 Å². The summed E-state index contributed by atoms with van der Waals surface area (Å²) in [7, 11) is 0. The molecule has 3 aromatic rings. The number of rotatable bonds is 5. The predicted molar refractivity (Wildman–Crippen MR) is 118 cm³/mol. The summed E-state index contributed by atoms with van der Waals surface area (Å²) in [5, 5.41) is 3.25. The molecule has 0 aliphatic carbocycles. The van der Waals surface area contributed by atoms with Crippen LogP contribution in [0.3, 0.4) is 0 Å². The van der Waals surface area contributed by atoms with Gasteiger partial charge < -0.3 is 15.0 Å². The number of amides is 2. The normalized spacial score (nSPS) is 13.5. The van der Waals surface area contributed by atoms with Crippen LogP contribution in [-0.2, 0) is 11.2 Å². The summed E-state index contributed by atoms with van der Waals surface area (Å²) >= 11 is 6.07. The highest BCUT2D eigenvalue weighted by molar-refractivity contribution is 6.32. The van der Waals surface area contributed by atoms with Crippen molar-refractivity contribution in [2.45, 2.75) is 19.4 Å². The lowest BCUT2D eigenvalue weighted by Gasteiger charge is -2.18. The van der Waals surface area contributed by atoms with E-state index in [4.69, 9.17) is 16.3 Å². The van der Waals surface area contributed by atoms with Gasteiger partial charge in [-0.2, -0.15) is 0 Å². The number of ether oxygens (including phenoxy) is 1. The van der Waals surface area contributed by atoms with Crippen molar-refractivity contribution in [3.63, 3.8) is 0 Å². The zero-order chi connectivity index (χ0) is 21.1. The molecule has 3 aromatic carbocycles. The minimum absolute atomic E-state index is 0.0479. The van der Waals surface area contributed by atoms with Crippen molar-refractivity contribution in [1.82, 2.24) is 0 Å². The Labute approximate surface area is 180 Å². The van der Waals surface area contributed by atoms with Gasteiger partial charge in [-0.15, -0.1) is 0 Å². The first kappa shape index (κ1) is 20.0. The molecule has 2 amide bonds. The third kappa shape index (κ3) is 4.16. The topological polar surface area (TPSA) is 58.6 Å². The third-order valence-electron chi connectivity index (χ3n) is 5.04. The molecule has 1 heterocycles. The lowest BCUT2D eigenvalue weighted by Crippen LogP contribution is -2.30. The van der Waals surface area contributed by atoms with Crippen LogP contribution in [0.15, 0.2) is 72.8 Å². The monoisotopic (exact) mass is 420 g/mol. The lowest BCUT2D eigenvalue weighted by atomic mass is 10.1. The summed E-state index contributed by atoms with van der Waals surface area (Å²) in [4.78, 5) is 27.1. The molecule has 1 N–H and O–H groups in total. The van der Waals surface area contributed by atoms with Crippen LogP contribution in [0, 0.1) is 0 Å². The largest absolute Gasteiger partial charge is 0.479 e. The lowest BCUT2D eigenvalue weighted by molar-refractivity contribution is -0.122. The number of hydrogen-bond donors (Lipinski definition) is 1. The molecule has 0 spiro atoms. The second-order valence-electron chi connectivity index (χ2n) is 7.09. The molecule has 0 saturated heterocycles. The summed E-state index contributed by atoms with van der Waals surface area (Å²) in [6.07, 6.45) is 0.131. The maximum Gasteiger partial charge on any atom is 0.265 e. The van der Waals surface area contributed by atoms with Crippen LogP contribution in [0.2, 0.25) is 5.02 Å². The van der Waals surface area contributed by atoms with Gasteiger partial charge in [0.05, 0.1) is 5.02 Å². The average molecular weight is 421 g/mol. The van der Waals surface area contributed by atoms with Crippen molar-refractivity contribution in [2.75, 3.05) is 16.8 Å². The molecule has 0 radical (unpaired) electrons. The Morgan fingerprint density at radius 3 is 2.47 bits per heavy atom. The average Bonchev–Trinajstić information content (AvgIpc) is 3.19. The highest BCUT2D eigenvalue weighted by Gasteiger charge is 2.25. The summed E-state index contributed by atoms with van der Waals surface area (Å²) in [6, 6.07) is 21.8. The molecule has 152 valence electrons. The quantitative estimate of drug-likeness (QED) is 0.635. The number of para-hydroxylation sites is 2. The molecule has 1 aliphatic heterocycles. The maximum atomic E-state index is 12.9. The standard InChI is InChI=1S/C24H21ClN2O3/c1-16(30-22-9-5-3-7-20(22)25)23(28)26-19-12-10-18(11-13-19)24(29)27-15-14-17-6-2-4-8-21(17)27/h2-13,16H,14-15H2,1H3,(H,26,28). The number of nitrogens with one attached hydrogen (secondary N) is 1. The fourth-order valence-electron chi connectivity index (χ4n) is 3.43. The van der Waals surface area contributed by atoms with Gasteiger partial charge in [-0.1, -0.05) is 41.9 Å². The van der Waals surface area contributed by atoms with Crippen LogP contribution < -0.4 is 15.0 Å². The van der Waals surface area contributed by atoms with E-state index in [0.29, 0.717) is 28.6 Å². The second-order valence-corrected chi connectivity index (χ2v) is 7.50. The number of carbonyl (C=O) groups is 2. The molecule has 5 nitrogen and oxygen atoms in total. The van der Waals surface area contributed by atoms with Crippen molar-refractivity contribution >= 4 is 34.8 Å². The molecule has 4 rings (SSSR count). The number of fused-ring (bicyclic) bond motifs is 1. The zero-order valence-electron chi connectivity index (χ0n) is 16.5. The van der Waals surface area contributed by atoms with E-state index < -0.39 is 6.10 Å². The predicted octanol–water partition coefficient (Wildman–Crippen LogP) is 4.95.